The molecular weight excluding hydrogens is 130 g/mol. The molecular formula is C7H9NO2. The molecule has 0 aromatic carbocycles. The predicted octanol–water partition coefficient (Wildman–Crippen LogP) is 0.729. The summed E-state index contributed by atoms with van der Waals surface area (Å²) in [4.78, 5) is 10.8. The lowest BCUT2D eigenvalue weighted by atomic mass is 10.2. The van der Waals surface area contributed by atoms with E-state index in [1.54, 1.807) is 13.0 Å². The van der Waals surface area contributed by atoms with Crippen molar-refractivity contribution in [2.45, 2.75) is 6.92 Å². The molecule has 0 fully saturated rings. The number of Topliss-reactive ketones (excluding diaryl/α,β-unsaturated/α-hetero) is 1. The number of hydrogen-bond acceptors (Lipinski definition) is 3. The average Bonchev–Trinajstić information content (AvgIpc) is 2.34. The number of aryl methyl sites for hydroxylation is 1. The van der Waals surface area contributed by atoms with Crippen molar-refractivity contribution in [1.29, 1.82) is 0 Å². The number of nitrogens with two attached hydrogens (primary N) is 1. The quantitative estimate of drug-likeness (QED) is 0.614. The fourth-order valence-electron chi connectivity index (χ4n) is 0.708. The molecule has 3 heteroatoms. The van der Waals surface area contributed by atoms with Crippen LogP contribution < -0.4 is 5.73 Å². The molecule has 0 bridgehead atoms. The summed E-state index contributed by atoms with van der Waals surface area (Å²) in [7, 11) is 0. The Morgan fingerprint density at radius 1 is 1.80 bits per heavy atom. The second-order valence-electron chi connectivity index (χ2n) is 2.07. The van der Waals surface area contributed by atoms with E-state index < -0.39 is 0 Å². The molecule has 1 heterocycles. The molecule has 0 spiro atoms. The standard InChI is InChI=1S/C7H9NO2/c1-5-2-6(4-10-5)7(9)3-8/h2,4H,3,8H2,1H3. The second-order valence-corrected chi connectivity index (χ2v) is 2.07. The van der Waals surface area contributed by atoms with Gasteiger partial charge in [0.25, 0.3) is 0 Å². The molecule has 1 aromatic heterocycles. The summed E-state index contributed by atoms with van der Waals surface area (Å²) in [6.07, 6.45) is 1.42. The van der Waals surface area contributed by atoms with Gasteiger partial charge in [-0.25, -0.2) is 0 Å². The summed E-state index contributed by atoms with van der Waals surface area (Å²) < 4.78 is 4.91. The number of carbonyl (C=O) groups excluding carboxylic acids is 1. The third kappa shape index (κ3) is 1.25. The molecule has 0 aliphatic carbocycles. The van der Waals surface area contributed by atoms with Crippen LogP contribution in [0.1, 0.15) is 16.1 Å². The molecule has 0 saturated heterocycles. The molecule has 1 aromatic rings. The topological polar surface area (TPSA) is 56.2 Å². The summed E-state index contributed by atoms with van der Waals surface area (Å²) in [5.74, 6) is 0.647. The van der Waals surface area contributed by atoms with Crippen LogP contribution in [-0.2, 0) is 0 Å². The molecule has 0 radical (unpaired) electrons. The monoisotopic (exact) mass is 139 g/mol. The summed E-state index contributed by atoms with van der Waals surface area (Å²) in [6.45, 7) is 1.83. The van der Waals surface area contributed by atoms with Crippen molar-refractivity contribution in [3.8, 4) is 0 Å². The number of rotatable bonds is 2. The van der Waals surface area contributed by atoms with Crippen molar-refractivity contribution in [3.05, 3.63) is 23.7 Å². The Morgan fingerprint density at radius 3 is 2.90 bits per heavy atom. The summed E-state index contributed by atoms with van der Waals surface area (Å²) in [5, 5.41) is 0. The minimum atomic E-state index is -0.0862. The summed E-state index contributed by atoms with van der Waals surface area (Å²) in [5.41, 5.74) is 5.68. The van der Waals surface area contributed by atoms with Crippen LogP contribution >= 0.6 is 0 Å². The van der Waals surface area contributed by atoms with Gasteiger partial charge in [-0.05, 0) is 13.0 Å². The molecule has 2 N–H and O–H groups in total. The van der Waals surface area contributed by atoms with E-state index in [0.717, 1.165) is 5.76 Å². The summed E-state index contributed by atoms with van der Waals surface area (Å²) in [6, 6.07) is 1.68. The van der Waals surface area contributed by atoms with Gasteiger partial charge in [0, 0.05) is 0 Å². The van der Waals surface area contributed by atoms with Gasteiger partial charge in [-0.1, -0.05) is 0 Å². The average molecular weight is 139 g/mol. The molecule has 0 aliphatic rings. The molecule has 10 heavy (non-hydrogen) atoms. The van der Waals surface area contributed by atoms with Crippen LogP contribution in [0.4, 0.5) is 0 Å². The van der Waals surface area contributed by atoms with Gasteiger partial charge in [-0.2, -0.15) is 0 Å². The van der Waals surface area contributed by atoms with Crippen molar-refractivity contribution in [2.24, 2.45) is 5.73 Å². The van der Waals surface area contributed by atoms with Gasteiger partial charge in [-0.3, -0.25) is 4.79 Å². The van der Waals surface area contributed by atoms with Gasteiger partial charge in [0.2, 0.25) is 0 Å². The number of hydrogen-bond donors (Lipinski definition) is 1. The SMILES string of the molecule is Cc1cc(C(=O)CN)co1. The van der Waals surface area contributed by atoms with Crippen LogP contribution in [0.15, 0.2) is 16.7 Å². The van der Waals surface area contributed by atoms with Crippen molar-refractivity contribution in [3.63, 3.8) is 0 Å². The molecule has 3 nitrogen and oxygen atoms in total. The van der Waals surface area contributed by atoms with E-state index in [1.165, 1.54) is 6.26 Å². The molecule has 0 atom stereocenters. The first kappa shape index (κ1) is 7.02. The highest BCUT2D eigenvalue weighted by Crippen LogP contribution is 2.05. The second kappa shape index (κ2) is 2.66. The van der Waals surface area contributed by atoms with Crippen LogP contribution in [0.25, 0.3) is 0 Å². The van der Waals surface area contributed by atoms with E-state index in [2.05, 4.69) is 0 Å². The maximum atomic E-state index is 10.8. The van der Waals surface area contributed by atoms with Crippen LogP contribution in [0.5, 0.6) is 0 Å². The first-order chi connectivity index (χ1) is 4.74. The summed E-state index contributed by atoms with van der Waals surface area (Å²) >= 11 is 0. The predicted molar refractivity (Wildman–Crippen MR) is 36.8 cm³/mol. The lowest BCUT2D eigenvalue weighted by Crippen LogP contribution is -2.12. The normalized spacial score (nSPS) is 9.80. The van der Waals surface area contributed by atoms with E-state index in [1.807, 2.05) is 0 Å². The van der Waals surface area contributed by atoms with Gasteiger partial charge in [-0.15, -0.1) is 0 Å². The lowest BCUT2D eigenvalue weighted by molar-refractivity contribution is 0.100. The highest BCUT2D eigenvalue weighted by atomic mass is 16.3. The van der Waals surface area contributed by atoms with E-state index in [9.17, 15) is 4.79 Å². The zero-order chi connectivity index (χ0) is 7.56. The van der Waals surface area contributed by atoms with Gasteiger partial charge < -0.3 is 10.2 Å². The van der Waals surface area contributed by atoms with Crippen molar-refractivity contribution in [1.82, 2.24) is 0 Å². The Balaban J connectivity index is 2.85. The molecule has 1 rings (SSSR count). The van der Waals surface area contributed by atoms with Crippen LogP contribution in [0, 0.1) is 6.92 Å². The lowest BCUT2D eigenvalue weighted by Gasteiger charge is -1.86. The minimum Gasteiger partial charge on any atom is -0.469 e. The Hall–Kier alpha value is -1.09. The molecule has 0 saturated carbocycles. The Morgan fingerprint density at radius 2 is 2.50 bits per heavy atom. The van der Waals surface area contributed by atoms with Gasteiger partial charge >= 0.3 is 0 Å². The van der Waals surface area contributed by atoms with Crippen LogP contribution in [0.2, 0.25) is 0 Å². The van der Waals surface area contributed by atoms with Gasteiger partial charge in [0.1, 0.15) is 12.0 Å². The van der Waals surface area contributed by atoms with Gasteiger partial charge in [0.15, 0.2) is 5.78 Å². The maximum Gasteiger partial charge on any atom is 0.179 e. The smallest absolute Gasteiger partial charge is 0.179 e. The van der Waals surface area contributed by atoms with E-state index in [-0.39, 0.29) is 12.3 Å². The fraction of sp³-hybridized carbons (Fsp3) is 0.286. The zero-order valence-electron chi connectivity index (χ0n) is 5.76. The molecule has 0 unspecified atom stereocenters. The number of carbonyl (C=O) groups is 1. The van der Waals surface area contributed by atoms with Crippen LogP contribution in [0.3, 0.4) is 0 Å². The number of furan rings is 1. The molecule has 0 amide bonds. The highest BCUT2D eigenvalue weighted by molar-refractivity contribution is 5.97. The fourth-order valence-corrected chi connectivity index (χ4v) is 0.708. The Bertz CT molecular complexity index is 240. The van der Waals surface area contributed by atoms with Crippen molar-refractivity contribution >= 4 is 5.78 Å². The third-order valence-corrected chi connectivity index (χ3v) is 1.24. The number of ketones is 1. The maximum absolute atomic E-state index is 10.8. The Kier molecular flexibility index (Phi) is 1.87. The minimum absolute atomic E-state index is 0.0406. The first-order valence-electron chi connectivity index (χ1n) is 3.02. The van der Waals surface area contributed by atoms with Crippen LogP contribution in [-0.4, -0.2) is 12.3 Å². The largest absolute Gasteiger partial charge is 0.469 e. The zero-order valence-corrected chi connectivity index (χ0v) is 5.76. The van der Waals surface area contributed by atoms with Crippen molar-refractivity contribution < 1.29 is 9.21 Å². The van der Waals surface area contributed by atoms with E-state index in [4.69, 9.17) is 10.2 Å². The first-order valence-corrected chi connectivity index (χ1v) is 3.02. The van der Waals surface area contributed by atoms with E-state index in [0.29, 0.717) is 5.56 Å². The Labute approximate surface area is 58.8 Å². The van der Waals surface area contributed by atoms with Crippen molar-refractivity contribution in [2.75, 3.05) is 6.54 Å². The molecule has 54 valence electrons. The third-order valence-electron chi connectivity index (χ3n) is 1.24. The molecule has 0 aliphatic heterocycles. The van der Waals surface area contributed by atoms with Gasteiger partial charge in [0.05, 0.1) is 12.1 Å². The van der Waals surface area contributed by atoms with E-state index >= 15 is 0 Å². The highest BCUT2D eigenvalue weighted by Gasteiger charge is 2.04.